The van der Waals surface area contributed by atoms with Crippen LogP contribution >= 0.6 is 12.2 Å². The van der Waals surface area contributed by atoms with Gasteiger partial charge in [0.05, 0.1) is 0 Å². The minimum atomic E-state index is -0.570. The zero-order valence-electron chi connectivity index (χ0n) is 10.4. The highest BCUT2D eigenvalue weighted by molar-refractivity contribution is 7.80. The van der Waals surface area contributed by atoms with E-state index in [1.165, 1.54) is 0 Å². The van der Waals surface area contributed by atoms with Gasteiger partial charge in [-0.15, -0.1) is 0 Å². The Balaban J connectivity index is 2.46. The standard InChI is InChI=1S/C13H16N2O2S/c1-9(14)12(10(2)18)15-13(16)17-8-11-6-4-3-5-7-11/h3-7,12,14H,8H2,1-2H3,(H,15,16). The number of benzene rings is 1. The maximum Gasteiger partial charge on any atom is 0.408 e. The lowest BCUT2D eigenvalue weighted by molar-refractivity contribution is 0.140. The number of nitrogens with one attached hydrogen (secondary N) is 2. The normalized spacial score (nSPS) is 11.4. The predicted octanol–water partition coefficient (Wildman–Crippen LogP) is 2.71. The molecule has 0 aliphatic rings. The topological polar surface area (TPSA) is 62.2 Å². The van der Waals surface area contributed by atoms with E-state index in [4.69, 9.17) is 22.4 Å². The van der Waals surface area contributed by atoms with Crippen molar-refractivity contribution >= 4 is 28.9 Å². The summed E-state index contributed by atoms with van der Waals surface area (Å²) in [7, 11) is 0. The van der Waals surface area contributed by atoms with Crippen molar-refractivity contribution in [2.24, 2.45) is 0 Å². The highest BCUT2D eigenvalue weighted by Gasteiger charge is 2.16. The molecule has 1 unspecified atom stereocenters. The Morgan fingerprint density at radius 2 is 2.00 bits per heavy atom. The second-order valence-corrected chi connectivity index (χ2v) is 4.58. The maximum absolute atomic E-state index is 11.5. The summed E-state index contributed by atoms with van der Waals surface area (Å²) in [5.41, 5.74) is 1.20. The number of amides is 1. The third-order valence-corrected chi connectivity index (χ3v) is 2.55. The molecule has 0 aliphatic carbocycles. The van der Waals surface area contributed by atoms with Crippen LogP contribution < -0.4 is 5.32 Å². The van der Waals surface area contributed by atoms with Crippen LogP contribution in [0.1, 0.15) is 19.4 Å². The molecular formula is C13H16N2O2S. The van der Waals surface area contributed by atoms with E-state index in [0.717, 1.165) is 5.56 Å². The van der Waals surface area contributed by atoms with Crippen molar-refractivity contribution in [1.82, 2.24) is 5.32 Å². The van der Waals surface area contributed by atoms with Crippen LogP contribution in [0, 0.1) is 5.41 Å². The van der Waals surface area contributed by atoms with Crippen molar-refractivity contribution in [2.45, 2.75) is 26.5 Å². The molecule has 1 atom stereocenters. The van der Waals surface area contributed by atoms with E-state index in [-0.39, 0.29) is 6.61 Å². The monoisotopic (exact) mass is 264 g/mol. The Hall–Kier alpha value is -1.75. The van der Waals surface area contributed by atoms with E-state index >= 15 is 0 Å². The molecule has 0 aromatic heterocycles. The van der Waals surface area contributed by atoms with Crippen LogP contribution in [0.25, 0.3) is 0 Å². The zero-order valence-corrected chi connectivity index (χ0v) is 11.2. The van der Waals surface area contributed by atoms with Gasteiger partial charge in [0.15, 0.2) is 0 Å². The SMILES string of the molecule is CC(=N)C(NC(=O)OCc1ccccc1)C(C)=S. The second kappa shape index (κ2) is 6.86. The highest BCUT2D eigenvalue weighted by atomic mass is 32.1. The molecule has 0 bridgehead atoms. The lowest BCUT2D eigenvalue weighted by atomic mass is 10.1. The van der Waals surface area contributed by atoms with Gasteiger partial charge < -0.3 is 15.5 Å². The number of carbonyl (C=O) groups excluding carboxylic acids is 1. The molecule has 1 amide bonds. The molecular weight excluding hydrogens is 248 g/mol. The van der Waals surface area contributed by atoms with Gasteiger partial charge in [-0.3, -0.25) is 0 Å². The Labute approximate surface area is 112 Å². The fourth-order valence-corrected chi connectivity index (χ4v) is 1.63. The van der Waals surface area contributed by atoms with Crippen molar-refractivity contribution in [1.29, 1.82) is 5.41 Å². The molecule has 0 heterocycles. The van der Waals surface area contributed by atoms with Gasteiger partial charge in [-0.1, -0.05) is 42.5 Å². The molecule has 5 heteroatoms. The first-order valence-corrected chi connectivity index (χ1v) is 5.94. The lowest BCUT2D eigenvalue weighted by Crippen LogP contribution is -2.43. The number of hydrogen-bond donors (Lipinski definition) is 2. The Bertz CT molecular complexity index is 432. The van der Waals surface area contributed by atoms with Crippen LogP contribution in [0.15, 0.2) is 30.3 Å². The summed E-state index contributed by atoms with van der Waals surface area (Å²) < 4.78 is 5.05. The Kier molecular flexibility index (Phi) is 5.45. The third kappa shape index (κ3) is 4.63. The zero-order chi connectivity index (χ0) is 13.5. The first kappa shape index (κ1) is 14.3. The molecule has 1 rings (SSSR count). The van der Waals surface area contributed by atoms with Gasteiger partial charge in [0.1, 0.15) is 12.6 Å². The second-order valence-electron chi connectivity index (χ2n) is 3.93. The number of carbonyl (C=O) groups is 1. The van der Waals surface area contributed by atoms with Crippen molar-refractivity contribution in [3.63, 3.8) is 0 Å². The number of ether oxygens (including phenoxy) is 1. The number of thiocarbonyl (C=S) groups is 1. The van der Waals surface area contributed by atoms with Crippen LogP contribution in [0.2, 0.25) is 0 Å². The molecule has 1 aromatic rings. The molecule has 96 valence electrons. The Morgan fingerprint density at radius 1 is 1.39 bits per heavy atom. The summed E-state index contributed by atoms with van der Waals surface area (Å²) in [6, 6.07) is 8.86. The minimum absolute atomic E-state index is 0.201. The summed E-state index contributed by atoms with van der Waals surface area (Å²) in [6.07, 6.45) is -0.570. The summed E-state index contributed by atoms with van der Waals surface area (Å²) in [5.74, 6) is 0. The van der Waals surface area contributed by atoms with Gasteiger partial charge in [0.25, 0.3) is 0 Å². The van der Waals surface area contributed by atoms with Gasteiger partial charge in [-0.2, -0.15) is 0 Å². The molecule has 0 aliphatic heterocycles. The summed E-state index contributed by atoms with van der Waals surface area (Å²) in [5, 5.41) is 10.1. The maximum atomic E-state index is 11.5. The van der Waals surface area contributed by atoms with E-state index in [1.807, 2.05) is 30.3 Å². The molecule has 18 heavy (non-hydrogen) atoms. The van der Waals surface area contributed by atoms with Gasteiger partial charge in [-0.25, -0.2) is 4.79 Å². The molecule has 0 radical (unpaired) electrons. The van der Waals surface area contributed by atoms with Gasteiger partial charge in [-0.05, 0) is 19.4 Å². The van der Waals surface area contributed by atoms with Crippen LogP contribution in [0.3, 0.4) is 0 Å². The van der Waals surface area contributed by atoms with E-state index in [0.29, 0.717) is 10.6 Å². The largest absolute Gasteiger partial charge is 0.445 e. The number of hydrogen-bond acceptors (Lipinski definition) is 4. The molecule has 2 N–H and O–H groups in total. The first-order valence-electron chi connectivity index (χ1n) is 5.53. The quantitative estimate of drug-likeness (QED) is 0.635. The number of alkyl carbamates (subject to hydrolysis) is 1. The van der Waals surface area contributed by atoms with E-state index < -0.39 is 12.1 Å². The van der Waals surface area contributed by atoms with Crippen LogP contribution in [0.5, 0.6) is 0 Å². The fraction of sp³-hybridized carbons (Fsp3) is 0.308. The van der Waals surface area contributed by atoms with Crippen LogP contribution in [0.4, 0.5) is 4.79 Å². The van der Waals surface area contributed by atoms with Crippen LogP contribution in [-0.4, -0.2) is 22.7 Å². The lowest BCUT2D eigenvalue weighted by Gasteiger charge is -2.16. The number of rotatable bonds is 5. The average Bonchev–Trinajstić information content (AvgIpc) is 2.34. The summed E-state index contributed by atoms with van der Waals surface area (Å²) in [4.78, 5) is 12.1. The smallest absolute Gasteiger partial charge is 0.408 e. The van der Waals surface area contributed by atoms with Crippen molar-refractivity contribution in [2.75, 3.05) is 0 Å². The van der Waals surface area contributed by atoms with E-state index in [2.05, 4.69) is 5.32 Å². The predicted molar refractivity (Wildman–Crippen MR) is 75.2 cm³/mol. The van der Waals surface area contributed by atoms with Gasteiger partial charge >= 0.3 is 6.09 Å². The molecule has 0 spiro atoms. The van der Waals surface area contributed by atoms with Crippen LogP contribution in [-0.2, 0) is 11.3 Å². The van der Waals surface area contributed by atoms with E-state index in [1.54, 1.807) is 13.8 Å². The van der Waals surface area contributed by atoms with Crippen molar-refractivity contribution in [3.8, 4) is 0 Å². The molecule has 1 aromatic carbocycles. The van der Waals surface area contributed by atoms with E-state index in [9.17, 15) is 4.79 Å². The summed E-state index contributed by atoms with van der Waals surface area (Å²) >= 11 is 4.98. The molecule has 0 saturated carbocycles. The summed E-state index contributed by atoms with van der Waals surface area (Å²) in [6.45, 7) is 3.49. The molecule has 4 nitrogen and oxygen atoms in total. The highest BCUT2D eigenvalue weighted by Crippen LogP contribution is 2.01. The fourth-order valence-electron chi connectivity index (χ4n) is 1.40. The average molecular weight is 264 g/mol. The Morgan fingerprint density at radius 3 is 2.50 bits per heavy atom. The van der Waals surface area contributed by atoms with Crippen molar-refractivity contribution < 1.29 is 9.53 Å². The van der Waals surface area contributed by atoms with Gasteiger partial charge in [0.2, 0.25) is 0 Å². The first-order chi connectivity index (χ1) is 8.50. The molecule has 0 saturated heterocycles. The molecule has 0 fully saturated rings. The third-order valence-electron chi connectivity index (χ3n) is 2.31. The minimum Gasteiger partial charge on any atom is -0.445 e. The van der Waals surface area contributed by atoms with Crippen molar-refractivity contribution in [3.05, 3.63) is 35.9 Å². The van der Waals surface area contributed by atoms with Gasteiger partial charge in [0, 0.05) is 10.6 Å².